The average molecular weight is 435 g/mol. The number of nitrogens with zero attached hydrogens (tertiary/aromatic N) is 3. The third-order valence-corrected chi connectivity index (χ3v) is 6.01. The number of aromatic nitrogens is 2. The molecular weight excluding hydrogens is 404 g/mol. The molecule has 0 saturated carbocycles. The summed E-state index contributed by atoms with van der Waals surface area (Å²) < 4.78 is 6.83. The first kappa shape index (κ1) is 22.0. The topological polar surface area (TPSA) is 76.5 Å². The summed E-state index contributed by atoms with van der Waals surface area (Å²) in [6.07, 6.45) is 2.23. The first-order valence-corrected chi connectivity index (χ1v) is 11.2. The summed E-state index contributed by atoms with van der Waals surface area (Å²) in [6.45, 7) is 3.05. The van der Waals surface area contributed by atoms with Gasteiger partial charge in [-0.3, -0.25) is 14.2 Å². The minimum absolute atomic E-state index is 0.0270. The van der Waals surface area contributed by atoms with E-state index in [2.05, 4.69) is 5.32 Å². The number of methoxy groups -OCH3 is 1. The number of fused-ring (bicyclic) bond motifs is 1. The molecule has 1 N–H and O–H groups in total. The SMILES string of the molecule is COCCCNC(=O)C1CCN(c2nc3ccccc3n(Cc3ccccc3)c2=O)CC1. The lowest BCUT2D eigenvalue weighted by atomic mass is 9.96. The van der Waals surface area contributed by atoms with Crippen LogP contribution in [0.4, 0.5) is 5.82 Å². The molecule has 1 saturated heterocycles. The number of hydrogen-bond donors (Lipinski definition) is 1. The maximum Gasteiger partial charge on any atom is 0.294 e. The van der Waals surface area contributed by atoms with E-state index in [-0.39, 0.29) is 17.4 Å². The molecule has 2 heterocycles. The van der Waals surface area contributed by atoms with E-state index in [4.69, 9.17) is 9.72 Å². The van der Waals surface area contributed by atoms with Crippen LogP contribution < -0.4 is 15.8 Å². The van der Waals surface area contributed by atoms with Crippen LogP contribution in [0.2, 0.25) is 0 Å². The van der Waals surface area contributed by atoms with Crippen molar-refractivity contribution in [3.8, 4) is 0 Å². The van der Waals surface area contributed by atoms with E-state index in [1.807, 2.05) is 64.1 Å². The fourth-order valence-corrected chi connectivity index (χ4v) is 4.23. The van der Waals surface area contributed by atoms with Crippen LogP contribution in [0, 0.1) is 5.92 Å². The highest BCUT2D eigenvalue weighted by atomic mass is 16.5. The molecule has 1 amide bonds. The Morgan fingerprint density at radius 2 is 1.81 bits per heavy atom. The molecule has 1 aliphatic heterocycles. The van der Waals surface area contributed by atoms with E-state index < -0.39 is 0 Å². The van der Waals surface area contributed by atoms with Crippen molar-refractivity contribution in [1.82, 2.24) is 14.9 Å². The first-order valence-electron chi connectivity index (χ1n) is 11.2. The standard InChI is InChI=1S/C25H30N4O3/c1-32-17-7-14-26-24(30)20-12-15-28(16-13-20)23-25(31)29(18-19-8-3-2-4-9-19)22-11-6-5-10-21(22)27-23/h2-6,8-11,20H,7,12-18H2,1H3,(H,26,30). The molecule has 1 aromatic heterocycles. The van der Waals surface area contributed by atoms with Crippen molar-refractivity contribution in [2.24, 2.45) is 5.92 Å². The fourth-order valence-electron chi connectivity index (χ4n) is 4.23. The second kappa shape index (κ2) is 10.4. The van der Waals surface area contributed by atoms with Gasteiger partial charge in [-0.2, -0.15) is 0 Å². The summed E-state index contributed by atoms with van der Waals surface area (Å²) in [4.78, 5) is 32.7. The van der Waals surface area contributed by atoms with E-state index in [0.717, 1.165) is 23.0 Å². The lowest BCUT2D eigenvalue weighted by Gasteiger charge is -2.32. The number of carbonyl (C=O) groups is 1. The minimum atomic E-state index is -0.0879. The van der Waals surface area contributed by atoms with Gasteiger partial charge in [0.1, 0.15) is 0 Å². The molecule has 1 fully saturated rings. The molecule has 0 aliphatic carbocycles. The summed E-state index contributed by atoms with van der Waals surface area (Å²) in [5.74, 6) is 0.535. The predicted molar refractivity (Wildman–Crippen MR) is 126 cm³/mol. The maximum absolute atomic E-state index is 13.5. The lowest BCUT2D eigenvalue weighted by molar-refractivity contribution is -0.125. The number of carbonyl (C=O) groups excluding carboxylic acids is 1. The van der Waals surface area contributed by atoms with E-state index in [0.29, 0.717) is 51.4 Å². The van der Waals surface area contributed by atoms with Crippen LogP contribution in [0.25, 0.3) is 11.0 Å². The van der Waals surface area contributed by atoms with Gasteiger partial charge in [0.05, 0.1) is 17.6 Å². The fraction of sp³-hybridized carbons (Fsp3) is 0.400. The second-order valence-corrected chi connectivity index (χ2v) is 8.20. The Bertz CT molecular complexity index is 1110. The molecular formula is C25H30N4O3. The van der Waals surface area contributed by atoms with Crippen molar-refractivity contribution in [3.63, 3.8) is 0 Å². The van der Waals surface area contributed by atoms with Gasteiger partial charge in [-0.05, 0) is 37.0 Å². The van der Waals surface area contributed by atoms with Gasteiger partial charge in [-0.15, -0.1) is 0 Å². The Kier molecular flexibility index (Phi) is 7.17. The van der Waals surface area contributed by atoms with E-state index in [1.165, 1.54) is 0 Å². The highest BCUT2D eigenvalue weighted by Gasteiger charge is 2.27. The number of hydrogen-bond acceptors (Lipinski definition) is 5. The van der Waals surface area contributed by atoms with Gasteiger partial charge >= 0.3 is 0 Å². The number of benzene rings is 2. The predicted octanol–water partition coefficient (Wildman–Crippen LogP) is 2.81. The van der Waals surface area contributed by atoms with Crippen molar-refractivity contribution in [3.05, 3.63) is 70.5 Å². The number of anilines is 1. The largest absolute Gasteiger partial charge is 0.385 e. The van der Waals surface area contributed by atoms with Gasteiger partial charge in [0.25, 0.3) is 5.56 Å². The number of piperidine rings is 1. The molecule has 7 nitrogen and oxygen atoms in total. The molecule has 0 unspecified atom stereocenters. The number of rotatable bonds is 8. The van der Waals surface area contributed by atoms with Crippen molar-refractivity contribution in [2.75, 3.05) is 38.3 Å². The van der Waals surface area contributed by atoms with Crippen LogP contribution in [0.3, 0.4) is 0 Å². The number of para-hydroxylation sites is 2. The van der Waals surface area contributed by atoms with Gasteiger partial charge in [-0.1, -0.05) is 42.5 Å². The second-order valence-electron chi connectivity index (χ2n) is 8.20. The van der Waals surface area contributed by atoms with Gasteiger partial charge in [-0.25, -0.2) is 4.98 Å². The van der Waals surface area contributed by atoms with Crippen molar-refractivity contribution >= 4 is 22.8 Å². The third-order valence-electron chi connectivity index (χ3n) is 6.01. The van der Waals surface area contributed by atoms with Gasteiger partial charge < -0.3 is 15.0 Å². The lowest BCUT2D eigenvalue weighted by Crippen LogP contribution is -2.43. The van der Waals surface area contributed by atoms with Crippen LogP contribution in [0.1, 0.15) is 24.8 Å². The molecule has 0 atom stereocenters. The van der Waals surface area contributed by atoms with E-state index >= 15 is 0 Å². The van der Waals surface area contributed by atoms with Crippen molar-refractivity contribution in [1.29, 1.82) is 0 Å². The molecule has 0 bridgehead atoms. The van der Waals surface area contributed by atoms with Crippen LogP contribution >= 0.6 is 0 Å². The van der Waals surface area contributed by atoms with E-state index in [9.17, 15) is 9.59 Å². The van der Waals surface area contributed by atoms with Gasteiger partial charge in [0.2, 0.25) is 5.91 Å². The minimum Gasteiger partial charge on any atom is -0.385 e. The number of ether oxygens (including phenoxy) is 1. The molecule has 32 heavy (non-hydrogen) atoms. The van der Waals surface area contributed by atoms with Crippen LogP contribution in [-0.2, 0) is 16.1 Å². The summed E-state index contributed by atoms with van der Waals surface area (Å²) >= 11 is 0. The van der Waals surface area contributed by atoms with Crippen molar-refractivity contribution < 1.29 is 9.53 Å². The molecule has 168 valence electrons. The number of amides is 1. The zero-order valence-electron chi connectivity index (χ0n) is 18.5. The highest BCUT2D eigenvalue weighted by Crippen LogP contribution is 2.22. The molecule has 1 aliphatic rings. The smallest absolute Gasteiger partial charge is 0.294 e. The van der Waals surface area contributed by atoms with Gasteiger partial charge in [0.15, 0.2) is 5.82 Å². The quantitative estimate of drug-likeness (QED) is 0.552. The summed E-state index contributed by atoms with van der Waals surface area (Å²) in [5.41, 5.74) is 2.61. The molecule has 7 heteroatoms. The van der Waals surface area contributed by atoms with E-state index in [1.54, 1.807) is 7.11 Å². The van der Waals surface area contributed by atoms with Crippen LogP contribution in [-0.4, -0.2) is 48.8 Å². The van der Waals surface area contributed by atoms with Crippen LogP contribution in [0.5, 0.6) is 0 Å². The summed E-state index contributed by atoms with van der Waals surface area (Å²) in [7, 11) is 1.66. The Morgan fingerprint density at radius 3 is 2.56 bits per heavy atom. The molecule has 2 aromatic carbocycles. The first-order chi connectivity index (χ1) is 15.7. The van der Waals surface area contributed by atoms with Crippen LogP contribution in [0.15, 0.2) is 59.4 Å². The Hall–Kier alpha value is -3.19. The highest BCUT2D eigenvalue weighted by molar-refractivity contribution is 5.79. The monoisotopic (exact) mass is 434 g/mol. The Balaban J connectivity index is 1.52. The number of nitrogens with one attached hydrogen (secondary N) is 1. The zero-order valence-corrected chi connectivity index (χ0v) is 18.5. The summed E-state index contributed by atoms with van der Waals surface area (Å²) in [5, 5.41) is 2.99. The average Bonchev–Trinajstić information content (AvgIpc) is 2.84. The van der Waals surface area contributed by atoms with Crippen molar-refractivity contribution in [2.45, 2.75) is 25.8 Å². The third kappa shape index (κ3) is 4.99. The summed E-state index contributed by atoms with van der Waals surface area (Å²) in [6, 6.07) is 17.7. The zero-order chi connectivity index (χ0) is 22.3. The Labute approximate surface area is 188 Å². The molecule has 3 aromatic rings. The normalized spacial score (nSPS) is 14.6. The molecule has 4 rings (SSSR count). The maximum atomic E-state index is 13.5. The Morgan fingerprint density at radius 1 is 1.09 bits per heavy atom. The molecule has 0 spiro atoms. The van der Waals surface area contributed by atoms with Gasteiger partial charge in [0, 0.05) is 39.3 Å². The molecule has 0 radical (unpaired) electrons.